The number of rotatable bonds is 6. The molecule has 0 radical (unpaired) electrons. The van der Waals surface area contributed by atoms with Crippen molar-refractivity contribution < 1.29 is 0 Å². The maximum atomic E-state index is 7.00. The van der Waals surface area contributed by atoms with Crippen LogP contribution in [0.3, 0.4) is 0 Å². The van der Waals surface area contributed by atoms with E-state index in [2.05, 4.69) is 0 Å². The fraction of sp³-hybridized carbons (Fsp3) is 0.889. The van der Waals surface area contributed by atoms with Crippen LogP contribution in [0.4, 0.5) is 0 Å². The highest BCUT2D eigenvalue weighted by Crippen LogP contribution is 2.33. The monoisotopic (exact) mass is 154 g/mol. The van der Waals surface area contributed by atoms with Crippen molar-refractivity contribution in [2.24, 2.45) is 11.7 Å². The highest BCUT2D eigenvalue weighted by atomic mass is 14.7. The van der Waals surface area contributed by atoms with Crippen LogP contribution in [-0.2, 0) is 0 Å². The lowest BCUT2D eigenvalue weighted by atomic mass is 10.1. The van der Waals surface area contributed by atoms with E-state index in [0.29, 0.717) is 5.84 Å². The van der Waals surface area contributed by atoms with Crippen molar-refractivity contribution in [3.63, 3.8) is 0 Å². The second-order valence-corrected chi connectivity index (χ2v) is 3.57. The average molecular weight is 154 g/mol. The van der Waals surface area contributed by atoms with Crippen molar-refractivity contribution in [2.75, 3.05) is 0 Å². The van der Waals surface area contributed by atoms with Crippen LogP contribution < -0.4 is 5.73 Å². The van der Waals surface area contributed by atoms with E-state index in [9.17, 15) is 0 Å². The summed E-state index contributed by atoms with van der Waals surface area (Å²) in [5.41, 5.74) is 5.23. The van der Waals surface area contributed by atoms with Gasteiger partial charge in [-0.3, -0.25) is 5.41 Å². The Kier molecular flexibility index (Phi) is 3.40. The molecule has 0 atom stereocenters. The molecule has 1 aliphatic carbocycles. The molecule has 1 fully saturated rings. The summed E-state index contributed by atoms with van der Waals surface area (Å²) in [7, 11) is 0. The van der Waals surface area contributed by atoms with Gasteiger partial charge in [-0.15, -0.1) is 0 Å². The van der Waals surface area contributed by atoms with Gasteiger partial charge in [-0.1, -0.05) is 32.1 Å². The molecular formula is C9H18N2. The summed E-state index contributed by atoms with van der Waals surface area (Å²) in [5.74, 6) is 1.41. The van der Waals surface area contributed by atoms with Crippen LogP contribution in [0.25, 0.3) is 0 Å². The normalized spacial score (nSPS) is 16.7. The molecule has 0 aromatic rings. The van der Waals surface area contributed by atoms with Crippen LogP contribution in [0, 0.1) is 11.3 Å². The van der Waals surface area contributed by atoms with Crippen LogP contribution in [-0.4, -0.2) is 5.84 Å². The van der Waals surface area contributed by atoms with Gasteiger partial charge in [0.15, 0.2) is 0 Å². The van der Waals surface area contributed by atoms with Gasteiger partial charge in [0.05, 0.1) is 5.84 Å². The molecule has 0 aromatic heterocycles. The van der Waals surface area contributed by atoms with E-state index in [1.165, 1.54) is 32.1 Å². The smallest absolute Gasteiger partial charge is 0.0905 e. The number of unbranched alkanes of at least 4 members (excludes halogenated alkanes) is 2. The molecule has 0 unspecified atom stereocenters. The number of nitrogens with two attached hydrogens (primary N) is 1. The van der Waals surface area contributed by atoms with Gasteiger partial charge < -0.3 is 5.73 Å². The third-order valence-corrected chi connectivity index (χ3v) is 2.26. The minimum absolute atomic E-state index is 0.344. The Bertz CT molecular complexity index is 128. The zero-order chi connectivity index (χ0) is 8.10. The lowest BCUT2D eigenvalue weighted by molar-refractivity contribution is 0.610. The maximum Gasteiger partial charge on any atom is 0.0905 e. The Labute approximate surface area is 68.7 Å². The SMILES string of the molecule is N=C(N)CCCCCC1CC1. The first kappa shape index (κ1) is 8.57. The third-order valence-electron chi connectivity index (χ3n) is 2.26. The molecule has 0 aliphatic heterocycles. The van der Waals surface area contributed by atoms with Gasteiger partial charge in [0.2, 0.25) is 0 Å². The highest BCUT2D eigenvalue weighted by Gasteiger charge is 2.19. The van der Waals surface area contributed by atoms with Crippen molar-refractivity contribution in [1.29, 1.82) is 5.41 Å². The third kappa shape index (κ3) is 4.82. The van der Waals surface area contributed by atoms with E-state index in [-0.39, 0.29) is 0 Å². The molecule has 2 nitrogen and oxygen atoms in total. The molecule has 0 heterocycles. The number of hydrogen-bond acceptors (Lipinski definition) is 1. The summed E-state index contributed by atoms with van der Waals surface area (Å²) in [6, 6.07) is 0. The van der Waals surface area contributed by atoms with Gasteiger partial charge in [-0.05, 0) is 12.3 Å². The van der Waals surface area contributed by atoms with Gasteiger partial charge in [-0.2, -0.15) is 0 Å². The van der Waals surface area contributed by atoms with Crippen LogP contribution in [0.15, 0.2) is 0 Å². The molecule has 0 bridgehead atoms. The summed E-state index contributed by atoms with van der Waals surface area (Å²) in [4.78, 5) is 0. The fourth-order valence-electron chi connectivity index (χ4n) is 1.33. The summed E-state index contributed by atoms with van der Waals surface area (Å²) < 4.78 is 0. The van der Waals surface area contributed by atoms with Gasteiger partial charge in [-0.25, -0.2) is 0 Å². The quantitative estimate of drug-likeness (QED) is 0.344. The van der Waals surface area contributed by atoms with Gasteiger partial charge >= 0.3 is 0 Å². The molecule has 3 N–H and O–H groups in total. The topological polar surface area (TPSA) is 49.9 Å². The molecule has 1 aliphatic rings. The Hall–Kier alpha value is -0.530. The molecular weight excluding hydrogens is 136 g/mol. The van der Waals surface area contributed by atoms with Gasteiger partial charge in [0, 0.05) is 6.42 Å². The molecule has 0 amide bonds. The minimum atomic E-state index is 0.344. The molecule has 2 heteroatoms. The first-order valence-electron chi connectivity index (χ1n) is 4.62. The molecule has 0 spiro atoms. The molecule has 64 valence electrons. The Morgan fingerprint density at radius 2 is 2.00 bits per heavy atom. The van der Waals surface area contributed by atoms with Gasteiger partial charge in [0.1, 0.15) is 0 Å². The molecule has 0 saturated heterocycles. The van der Waals surface area contributed by atoms with E-state index >= 15 is 0 Å². The van der Waals surface area contributed by atoms with Crippen LogP contribution in [0.5, 0.6) is 0 Å². The Morgan fingerprint density at radius 1 is 1.27 bits per heavy atom. The second kappa shape index (κ2) is 4.37. The molecule has 0 aromatic carbocycles. The van der Waals surface area contributed by atoms with E-state index in [1.807, 2.05) is 0 Å². The largest absolute Gasteiger partial charge is 0.388 e. The number of amidine groups is 1. The Balaban J connectivity index is 1.76. The van der Waals surface area contributed by atoms with E-state index < -0.39 is 0 Å². The van der Waals surface area contributed by atoms with E-state index in [4.69, 9.17) is 11.1 Å². The fourth-order valence-corrected chi connectivity index (χ4v) is 1.33. The number of hydrogen-bond donors (Lipinski definition) is 2. The summed E-state index contributed by atoms with van der Waals surface area (Å²) >= 11 is 0. The zero-order valence-corrected chi connectivity index (χ0v) is 7.10. The van der Waals surface area contributed by atoms with Crippen LogP contribution >= 0.6 is 0 Å². The molecule has 11 heavy (non-hydrogen) atoms. The Morgan fingerprint density at radius 3 is 2.55 bits per heavy atom. The molecule has 1 saturated carbocycles. The zero-order valence-electron chi connectivity index (χ0n) is 7.10. The lowest BCUT2D eigenvalue weighted by Gasteiger charge is -1.98. The minimum Gasteiger partial charge on any atom is -0.388 e. The van der Waals surface area contributed by atoms with Crippen LogP contribution in [0.1, 0.15) is 44.9 Å². The summed E-state index contributed by atoms with van der Waals surface area (Å²) in [6.45, 7) is 0. The first-order chi connectivity index (χ1) is 5.29. The average Bonchev–Trinajstić information content (AvgIpc) is 2.70. The van der Waals surface area contributed by atoms with Crippen molar-refractivity contribution in [3.8, 4) is 0 Å². The van der Waals surface area contributed by atoms with Crippen molar-refractivity contribution >= 4 is 5.84 Å². The van der Waals surface area contributed by atoms with Crippen molar-refractivity contribution in [3.05, 3.63) is 0 Å². The van der Waals surface area contributed by atoms with E-state index in [0.717, 1.165) is 18.8 Å². The standard InChI is InChI=1S/C9H18N2/c10-9(11)5-3-1-2-4-8-6-7-8/h8H,1-7H2,(H3,10,11). The van der Waals surface area contributed by atoms with E-state index in [1.54, 1.807) is 0 Å². The van der Waals surface area contributed by atoms with Crippen molar-refractivity contribution in [2.45, 2.75) is 44.9 Å². The first-order valence-corrected chi connectivity index (χ1v) is 4.62. The van der Waals surface area contributed by atoms with Gasteiger partial charge in [0.25, 0.3) is 0 Å². The highest BCUT2D eigenvalue weighted by molar-refractivity contribution is 5.76. The van der Waals surface area contributed by atoms with Crippen molar-refractivity contribution in [1.82, 2.24) is 0 Å². The summed E-state index contributed by atoms with van der Waals surface area (Å²) in [6.07, 6.45) is 8.86. The maximum absolute atomic E-state index is 7.00. The van der Waals surface area contributed by atoms with Crippen LogP contribution in [0.2, 0.25) is 0 Å². The second-order valence-electron chi connectivity index (χ2n) is 3.57. The lowest BCUT2D eigenvalue weighted by Crippen LogP contribution is -2.08. The predicted molar refractivity (Wildman–Crippen MR) is 47.7 cm³/mol. The summed E-state index contributed by atoms with van der Waals surface area (Å²) in [5, 5.41) is 7.00. The predicted octanol–water partition coefficient (Wildman–Crippen LogP) is 2.28. The molecule has 1 rings (SSSR count). The number of nitrogens with one attached hydrogen (secondary N) is 1.